The molecule has 0 saturated carbocycles. The lowest BCUT2D eigenvalue weighted by Gasteiger charge is -2.22. The van der Waals surface area contributed by atoms with E-state index in [1.807, 2.05) is 6.07 Å². The molecule has 1 aromatic heterocycles. The molecule has 2 heterocycles. The van der Waals surface area contributed by atoms with Gasteiger partial charge in [-0.3, -0.25) is 9.56 Å². The molecule has 4 aromatic rings. The number of hydrogen-bond acceptors (Lipinski definition) is 4. The first kappa shape index (κ1) is 19.4. The molecule has 0 aliphatic carbocycles. The largest absolute Gasteiger partial charge is 0.308 e. The van der Waals surface area contributed by atoms with E-state index in [0.29, 0.717) is 6.54 Å². The van der Waals surface area contributed by atoms with Gasteiger partial charge in [0.1, 0.15) is 12.4 Å². The zero-order valence-corrected chi connectivity index (χ0v) is 17.8. The number of aromatic nitrogens is 3. The summed E-state index contributed by atoms with van der Waals surface area (Å²) < 4.78 is 2.22. The molecule has 1 atom stereocenters. The highest BCUT2D eigenvalue weighted by Crippen LogP contribution is 2.31. The maximum absolute atomic E-state index is 4.97. The molecule has 0 bridgehead atoms. The normalized spacial score (nSPS) is 13.8. The fraction of sp³-hybridized carbons (Fsp3) is 0.192. The monoisotopic (exact) mass is 407 g/mol. The van der Waals surface area contributed by atoms with Crippen molar-refractivity contribution in [1.29, 1.82) is 0 Å². The van der Waals surface area contributed by atoms with Crippen LogP contribution in [-0.4, -0.2) is 46.0 Å². The summed E-state index contributed by atoms with van der Waals surface area (Å²) in [5.74, 6) is 1.92. The van der Waals surface area contributed by atoms with Gasteiger partial charge in [0, 0.05) is 17.7 Å². The first-order valence-corrected chi connectivity index (χ1v) is 10.6. The first-order valence-electron chi connectivity index (χ1n) is 10.6. The Morgan fingerprint density at radius 3 is 2.26 bits per heavy atom. The summed E-state index contributed by atoms with van der Waals surface area (Å²) in [7, 11) is 4.19. The fourth-order valence-corrected chi connectivity index (χ4v) is 4.25. The van der Waals surface area contributed by atoms with Gasteiger partial charge in [-0.05, 0) is 25.7 Å². The Balaban J connectivity index is 1.68. The summed E-state index contributed by atoms with van der Waals surface area (Å²) in [4.78, 5) is 7.17. The molecule has 0 radical (unpaired) electrons. The van der Waals surface area contributed by atoms with Crippen LogP contribution in [0.15, 0.2) is 89.9 Å². The van der Waals surface area contributed by atoms with Crippen molar-refractivity contribution in [3.05, 3.63) is 113 Å². The zero-order valence-electron chi connectivity index (χ0n) is 17.8. The van der Waals surface area contributed by atoms with E-state index in [2.05, 4.69) is 113 Å². The minimum atomic E-state index is 0.101. The van der Waals surface area contributed by atoms with Crippen molar-refractivity contribution < 1.29 is 0 Å². The van der Waals surface area contributed by atoms with Gasteiger partial charge in [0.15, 0.2) is 5.82 Å². The highest BCUT2D eigenvalue weighted by molar-refractivity contribution is 6.15. The van der Waals surface area contributed by atoms with Gasteiger partial charge in [-0.25, -0.2) is 0 Å². The number of likely N-dealkylation sites (N-methyl/N-ethyl adjacent to an activating group) is 1. The highest BCUT2D eigenvalue weighted by Gasteiger charge is 2.28. The van der Waals surface area contributed by atoms with E-state index in [9.17, 15) is 0 Å². The van der Waals surface area contributed by atoms with Gasteiger partial charge < -0.3 is 4.90 Å². The molecule has 0 N–H and O–H groups in total. The molecule has 0 fully saturated rings. The van der Waals surface area contributed by atoms with Crippen molar-refractivity contribution in [2.75, 3.05) is 20.6 Å². The molecule has 5 heteroatoms. The van der Waals surface area contributed by atoms with Gasteiger partial charge in [0.05, 0.1) is 17.3 Å². The van der Waals surface area contributed by atoms with E-state index in [-0.39, 0.29) is 5.92 Å². The van der Waals surface area contributed by atoms with Crippen LogP contribution in [0.3, 0.4) is 0 Å². The number of fused-ring (bicyclic) bond motifs is 3. The first-order chi connectivity index (χ1) is 15.2. The smallest absolute Gasteiger partial charge is 0.159 e. The third-order valence-corrected chi connectivity index (χ3v) is 5.64. The quantitative estimate of drug-likeness (QED) is 0.495. The van der Waals surface area contributed by atoms with Gasteiger partial charge in [0.2, 0.25) is 0 Å². The third kappa shape index (κ3) is 3.68. The zero-order chi connectivity index (χ0) is 21.2. The second kappa shape index (κ2) is 8.28. The predicted molar refractivity (Wildman–Crippen MR) is 124 cm³/mol. The van der Waals surface area contributed by atoms with E-state index in [1.54, 1.807) is 0 Å². The van der Waals surface area contributed by atoms with Crippen LogP contribution < -0.4 is 0 Å². The Morgan fingerprint density at radius 1 is 0.839 bits per heavy atom. The number of para-hydroxylation sites is 1. The molecule has 3 aromatic carbocycles. The van der Waals surface area contributed by atoms with E-state index in [0.717, 1.165) is 40.7 Å². The fourth-order valence-electron chi connectivity index (χ4n) is 4.25. The summed E-state index contributed by atoms with van der Waals surface area (Å²) in [5.41, 5.74) is 5.53. The van der Waals surface area contributed by atoms with Crippen molar-refractivity contribution in [2.24, 2.45) is 4.99 Å². The summed E-state index contributed by atoms with van der Waals surface area (Å²) in [5, 5.41) is 9.27. The Labute approximate surface area is 182 Å². The Bertz CT molecular complexity index is 1210. The molecule has 5 nitrogen and oxygen atoms in total. The van der Waals surface area contributed by atoms with Crippen LogP contribution in [0.5, 0.6) is 0 Å². The number of benzene rings is 3. The molecule has 154 valence electrons. The van der Waals surface area contributed by atoms with Crippen molar-refractivity contribution in [3.8, 4) is 5.69 Å². The number of aliphatic imine (C=N–C) groups is 1. The lowest BCUT2D eigenvalue weighted by atomic mass is 9.96. The minimum Gasteiger partial charge on any atom is -0.308 e. The topological polar surface area (TPSA) is 46.3 Å². The van der Waals surface area contributed by atoms with Crippen LogP contribution in [0.25, 0.3) is 5.69 Å². The van der Waals surface area contributed by atoms with Crippen LogP contribution in [0.2, 0.25) is 0 Å². The second-order valence-electron chi connectivity index (χ2n) is 8.08. The van der Waals surface area contributed by atoms with Crippen LogP contribution in [0.4, 0.5) is 0 Å². The summed E-state index contributed by atoms with van der Waals surface area (Å²) >= 11 is 0. The summed E-state index contributed by atoms with van der Waals surface area (Å²) in [6.45, 7) is 1.34. The number of hydrogen-bond donors (Lipinski definition) is 0. The van der Waals surface area contributed by atoms with Gasteiger partial charge in [-0.2, -0.15) is 0 Å². The Hall–Kier alpha value is -3.57. The van der Waals surface area contributed by atoms with E-state index in [4.69, 9.17) is 4.99 Å². The molecule has 1 aliphatic rings. The van der Waals surface area contributed by atoms with Gasteiger partial charge in [-0.1, -0.05) is 78.9 Å². The average Bonchev–Trinajstić information content (AvgIpc) is 3.15. The van der Waals surface area contributed by atoms with E-state index in [1.165, 1.54) is 5.56 Å². The van der Waals surface area contributed by atoms with Gasteiger partial charge in [-0.15, -0.1) is 10.2 Å². The van der Waals surface area contributed by atoms with Crippen LogP contribution >= 0.6 is 0 Å². The molecule has 1 aliphatic heterocycles. The number of rotatable bonds is 5. The molecule has 1 unspecified atom stereocenters. The summed E-state index contributed by atoms with van der Waals surface area (Å²) in [6, 6.07) is 29.4. The maximum atomic E-state index is 4.97. The molecular formula is C26H25N5. The molecule has 0 amide bonds. The Morgan fingerprint density at radius 2 is 1.52 bits per heavy atom. The van der Waals surface area contributed by atoms with E-state index >= 15 is 0 Å². The third-order valence-electron chi connectivity index (χ3n) is 5.64. The van der Waals surface area contributed by atoms with Crippen LogP contribution in [0.1, 0.15) is 34.3 Å². The number of nitrogens with zero attached hydrogens (tertiary/aromatic N) is 5. The molecule has 0 spiro atoms. The lowest BCUT2D eigenvalue weighted by Crippen LogP contribution is -2.24. The predicted octanol–water partition coefficient (Wildman–Crippen LogP) is 4.31. The van der Waals surface area contributed by atoms with Crippen molar-refractivity contribution in [3.63, 3.8) is 0 Å². The minimum absolute atomic E-state index is 0.101. The second-order valence-corrected chi connectivity index (χ2v) is 8.08. The maximum Gasteiger partial charge on any atom is 0.159 e. The van der Waals surface area contributed by atoms with Gasteiger partial charge in [0.25, 0.3) is 0 Å². The van der Waals surface area contributed by atoms with Crippen LogP contribution in [0, 0.1) is 0 Å². The molecule has 31 heavy (non-hydrogen) atoms. The standard InChI is InChI=1S/C26H25N5/c1-30(2)18-22(19-11-5-3-6-12-19)26-29-28-24-17-27-25(20-13-7-4-8-14-20)21-15-9-10-16-23(21)31(24)26/h3-16,22H,17-18H2,1-2H3. The molecule has 5 rings (SSSR count). The lowest BCUT2D eigenvalue weighted by molar-refractivity contribution is 0.384. The summed E-state index contributed by atoms with van der Waals surface area (Å²) in [6.07, 6.45) is 0. The van der Waals surface area contributed by atoms with E-state index < -0.39 is 0 Å². The highest BCUT2D eigenvalue weighted by atomic mass is 15.3. The van der Waals surface area contributed by atoms with Crippen LogP contribution in [-0.2, 0) is 6.54 Å². The van der Waals surface area contributed by atoms with Crippen molar-refractivity contribution in [2.45, 2.75) is 12.5 Å². The molecule has 0 saturated heterocycles. The SMILES string of the molecule is CN(C)CC(c1ccccc1)c1nnc2n1-c1ccccc1C(c1ccccc1)=NC2. The Kier molecular flexibility index (Phi) is 5.18. The van der Waals surface area contributed by atoms with Crippen molar-refractivity contribution in [1.82, 2.24) is 19.7 Å². The van der Waals surface area contributed by atoms with Gasteiger partial charge >= 0.3 is 0 Å². The average molecular weight is 408 g/mol. The van der Waals surface area contributed by atoms with Crippen molar-refractivity contribution >= 4 is 5.71 Å². The molecular weight excluding hydrogens is 382 g/mol.